The lowest BCUT2D eigenvalue weighted by Gasteiger charge is -2.16. The van der Waals surface area contributed by atoms with E-state index in [9.17, 15) is 0 Å². The minimum Gasteiger partial charge on any atom is -0.496 e. The fraction of sp³-hybridized carbons (Fsp3) is 0.286. The zero-order valence-corrected chi connectivity index (χ0v) is 11.9. The molecule has 2 rings (SSSR count). The van der Waals surface area contributed by atoms with Crippen molar-refractivity contribution >= 4 is 22.9 Å². The standard InChI is InChI=1S/C14H15ClO2S/c1-16-12-6-3-7-13(17-2)14(12)11(15)9-10-5-4-8-18-10/h3-8,11H,9H2,1-2H3. The molecule has 2 nitrogen and oxygen atoms in total. The van der Waals surface area contributed by atoms with Crippen LogP contribution in [0, 0.1) is 0 Å². The van der Waals surface area contributed by atoms with Crippen molar-refractivity contribution in [3.05, 3.63) is 46.2 Å². The van der Waals surface area contributed by atoms with Crippen LogP contribution < -0.4 is 9.47 Å². The van der Waals surface area contributed by atoms with E-state index in [0.717, 1.165) is 23.5 Å². The molecule has 0 saturated heterocycles. The molecular formula is C14H15ClO2S. The maximum absolute atomic E-state index is 6.51. The second kappa shape index (κ2) is 6.12. The Bertz CT molecular complexity index is 474. The van der Waals surface area contributed by atoms with Crippen LogP contribution in [0.2, 0.25) is 0 Å². The van der Waals surface area contributed by atoms with Crippen LogP contribution in [0.3, 0.4) is 0 Å². The minimum absolute atomic E-state index is 0.158. The maximum atomic E-state index is 6.51. The van der Waals surface area contributed by atoms with Gasteiger partial charge in [-0.2, -0.15) is 0 Å². The second-order valence-corrected chi connectivity index (χ2v) is 5.39. The number of hydrogen-bond acceptors (Lipinski definition) is 3. The third kappa shape index (κ3) is 2.79. The van der Waals surface area contributed by atoms with Crippen molar-refractivity contribution in [2.75, 3.05) is 14.2 Å². The Morgan fingerprint density at radius 1 is 1.11 bits per heavy atom. The largest absolute Gasteiger partial charge is 0.496 e. The van der Waals surface area contributed by atoms with E-state index in [0.29, 0.717) is 0 Å². The van der Waals surface area contributed by atoms with Crippen LogP contribution >= 0.6 is 22.9 Å². The van der Waals surface area contributed by atoms with Crippen molar-refractivity contribution in [2.24, 2.45) is 0 Å². The van der Waals surface area contributed by atoms with Crippen LogP contribution in [0.4, 0.5) is 0 Å². The van der Waals surface area contributed by atoms with E-state index in [1.807, 2.05) is 24.3 Å². The molecule has 0 aliphatic rings. The Balaban J connectivity index is 2.30. The van der Waals surface area contributed by atoms with E-state index in [1.54, 1.807) is 25.6 Å². The topological polar surface area (TPSA) is 18.5 Å². The zero-order chi connectivity index (χ0) is 13.0. The molecule has 1 atom stereocenters. The van der Waals surface area contributed by atoms with Gasteiger partial charge in [0.1, 0.15) is 11.5 Å². The fourth-order valence-corrected chi connectivity index (χ4v) is 3.12. The highest BCUT2D eigenvalue weighted by molar-refractivity contribution is 7.09. The Morgan fingerprint density at radius 3 is 2.28 bits per heavy atom. The highest BCUT2D eigenvalue weighted by Crippen LogP contribution is 2.39. The average molecular weight is 283 g/mol. The summed E-state index contributed by atoms with van der Waals surface area (Å²) in [5.74, 6) is 1.54. The van der Waals surface area contributed by atoms with Crippen LogP contribution in [0.5, 0.6) is 11.5 Å². The number of benzene rings is 1. The van der Waals surface area contributed by atoms with Gasteiger partial charge in [-0.25, -0.2) is 0 Å². The SMILES string of the molecule is COc1cccc(OC)c1C(Cl)Cc1cccs1. The first-order chi connectivity index (χ1) is 8.76. The highest BCUT2D eigenvalue weighted by atomic mass is 35.5. The highest BCUT2D eigenvalue weighted by Gasteiger charge is 2.19. The van der Waals surface area contributed by atoms with Gasteiger partial charge in [-0.3, -0.25) is 0 Å². The first-order valence-electron chi connectivity index (χ1n) is 5.63. The number of hydrogen-bond donors (Lipinski definition) is 0. The summed E-state index contributed by atoms with van der Waals surface area (Å²) < 4.78 is 10.7. The monoisotopic (exact) mass is 282 g/mol. The Morgan fingerprint density at radius 2 is 1.78 bits per heavy atom. The molecule has 0 saturated carbocycles. The van der Waals surface area contributed by atoms with Gasteiger partial charge in [-0.05, 0) is 23.6 Å². The molecular weight excluding hydrogens is 268 g/mol. The van der Waals surface area contributed by atoms with Crippen LogP contribution in [-0.4, -0.2) is 14.2 Å². The molecule has 0 aliphatic heterocycles. The minimum atomic E-state index is -0.158. The average Bonchev–Trinajstić information content (AvgIpc) is 2.90. The van der Waals surface area contributed by atoms with Crippen molar-refractivity contribution in [1.82, 2.24) is 0 Å². The van der Waals surface area contributed by atoms with Gasteiger partial charge in [0.05, 0.1) is 25.2 Å². The molecule has 0 spiro atoms. The molecule has 0 radical (unpaired) electrons. The summed E-state index contributed by atoms with van der Waals surface area (Å²) in [6, 6.07) is 9.82. The summed E-state index contributed by atoms with van der Waals surface area (Å²) in [6.45, 7) is 0. The predicted octanol–water partition coefficient (Wildman–Crippen LogP) is 4.29. The summed E-state index contributed by atoms with van der Waals surface area (Å²) in [5.41, 5.74) is 0.914. The lowest BCUT2D eigenvalue weighted by atomic mass is 10.1. The molecule has 2 aromatic rings. The molecule has 0 bridgehead atoms. The zero-order valence-electron chi connectivity index (χ0n) is 10.4. The smallest absolute Gasteiger partial charge is 0.127 e. The summed E-state index contributed by atoms with van der Waals surface area (Å²) in [4.78, 5) is 1.25. The Labute approximate surface area is 116 Å². The van der Waals surface area contributed by atoms with Crippen molar-refractivity contribution < 1.29 is 9.47 Å². The summed E-state index contributed by atoms with van der Waals surface area (Å²) in [5, 5.41) is 1.90. The number of ether oxygens (including phenoxy) is 2. The molecule has 4 heteroatoms. The van der Waals surface area contributed by atoms with Gasteiger partial charge >= 0.3 is 0 Å². The summed E-state index contributed by atoms with van der Waals surface area (Å²) >= 11 is 8.22. The number of methoxy groups -OCH3 is 2. The Kier molecular flexibility index (Phi) is 4.50. The quantitative estimate of drug-likeness (QED) is 0.762. The van der Waals surface area contributed by atoms with Crippen LogP contribution in [0.25, 0.3) is 0 Å². The lowest BCUT2D eigenvalue weighted by molar-refractivity contribution is 0.384. The van der Waals surface area contributed by atoms with E-state index in [4.69, 9.17) is 21.1 Å². The number of alkyl halides is 1. The summed E-state index contributed by atoms with van der Waals surface area (Å²) in [7, 11) is 3.29. The maximum Gasteiger partial charge on any atom is 0.127 e. The number of rotatable bonds is 5. The number of thiophene rings is 1. The normalized spacial score (nSPS) is 12.2. The van der Waals surface area contributed by atoms with Gasteiger partial charge in [0.2, 0.25) is 0 Å². The van der Waals surface area contributed by atoms with Crippen LogP contribution in [0.1, 0.15) is 15.8 Å². The predicted molar refractivity (Wildman–Crippen MR) is 76.2 cm³/mol. The van der Waals surface area contributed by atoms with Gasteiger partial charge < -0.3 is 9.47 Å². The van der Waals surface area contributed by atoms with Gasteiger partial charge in [0.15, 0.2) is 0 Å². The molecule has 1 aromatic heterocycles. The van der Waals surface area contributed by atoms with Crippen molar-refractivity contribution in [1.29, 1.82) is 0 Å². The van der Waals surface area contributed by atoms with Gasteiger partial charge in [0, 0.05) is 11.3 Å². The van der Waals surface area contributed by atoms with Crippen molar-refractivity contribution in [2.45, 2.75) is 11.8 Å². The van der Waals surface area contributed by atoms with Crippen molar-refractivity contribution in [3.63, 3.8) is 0 Å². The molecule has 0 aliphatic carbocycles. The fourth-order valence-electron chi connectivity index (χ4n) is 1.90. The molecule has 96 valence electrons. The molecule has 1 unspecified atom stereocenters. The van der Waals surface area contributed by atoms with Gasteiger partial charge in [-0.1, -0.05) is 12.1 Å². The van der Waals surface area contributed by atoms with E-state index >= 15 is 0 Å². The van der Waals surface area contributed by atoms with Crippen molar-refractivity contribution in [3.8, 4) is 11.5 Å². The molecule has 1 heterocycles. The van der Waals surface area contributed by atoms with Crippen LogP contribution in [0.15, 0.2) is 35.7 Å². The van der Waals surface area contributed by atoms with E-state index < -0.39 is 0 Å². The molecule has 1 aromatic carbocycles. The second-order valence-electron chi connectivity index (χ2n) is 3.83. The molecule has 0 N–H and O–H groups in total. The van der Waals surface area contributed by atoms with Crippen LogP contribution in [-0.2, 0) is 6.42 Å². The van der Waals surface area contributed by atoms with E-state index in [1.165, 1.54) is 4.88 Å². The Hall–Kier alpha value is -1.19. The van der Waals surface area contributed by atoms with E-state index in [-0.39, 0.29) is 5.38 Å². The first-order valence-corrected chi connectivity index (χ1v) is 6.95. The third-order valence-corrected chi connectivity index (χ3v) is 4.01. The van der Waals surface area contributed by atoms with E-state index in [2.05, 4.69) is 11.4 Å². The molecule has 0 amide bonds. The molecule has 18 heavy (non-hydrogen) atoms. The number of halogens is 1. The first kappa shape index (κ1) is 13.2. The van der Waals surface area contributed by atoms with Gasteiger partial charge in [-0.15, -0.1) is 22.9 Å². The van der Waals surface area contributed by atoms with Gasteiger partial charge in [0.25, 0.3) is 0 Å². The third-order valence-electron chi connectivity index (χ3n) is 2.74. The summed E-state index contributed by atoms with van der Waals surface area (Å²) in [6.07, 6.45) is 0.774. The lowest BCUT2D eigenvalue weighted by Crippen LogP contribution is -2.01. The molecule has 0 fully saturated rings.